The van der Waals surface area contributed by atoms with Gasteiger partial charge in [-0.15, -0.1) is 0 Å². The third-order valence-electron chi connectivity index (χ3n) is 4.62. The Morgan fingerprint density at radius 3 is 2.50 bits per heavy atom. The van der Waals surface area contributed by atoms with Gasteiger partial charge in [-0.3, -0.25) is 0 Å². The van der Waals surface area contributed by atoms with Crippen LogP contribution >= 0.6 is 27.5 Å². The van der Waals surface area contributed by atoms with E-state index in [0.717, 1.165) is 32.1 Å². The molecular formula is C24H19BrClNO. The van der Waals surface area contributed by atoms with Crippen molar-refractivity contribution in [2.24, 2.45) is 0 Å². The van der Waals surface area contributed by atoms with Gasteiger partial charge in [0.05, 0.1) is 0 Å². The van der Waals surface area contributed by atoms with Gasteiger partial charge in [-0.1, -0.05) is 82.1 Å². The number of benzene rings is 4. The Hall–Kier alpha value is -2.49. The molecule has 0 saturated carbocycles. The highest BCUT2D eigenvalue weighted by Crippen LogP contribution is 2.28. The van der Waals surface area contributed by atoms with Gasteiger partial charge >= 0.3 is 0 Å². The van der Waals surface area contributed by atoms with Crippen LogP contribution in [0.4, 0.5) is 5.69 Å². The molecule has 0 amide bonds. The fourth-order valence-corrected chi connectivity index (χ4v) is 3.77. The first-order valence-corrected chi connectivity index (χ1v) is 10.2. The van der Waals surface area contributed by atoms with E-state index < -0.39 is 0 Å². The minimum Gasteiger partial charge on any atom is -0.488 e. The Kier molecular flexibility index (Phi) is 5.84. The topological polar surface area (TPSA) is 21.3 Å². The van der Waals surface area contributed by atoms with Crippen molar-refractivity contribution in [1.29, 1.82) is 0 Å². The Morgan fingerprint density at radius 1 is 0.821 bits per heavy atom. The molecule has 0 radical (unpaired) electrons. The number of ether oxygens (including phenoxy) is 1. The van der Waals surface area contributed by atoms with Crippen LogP contribution in [0.15, 0.2) is 89.4 Å². The van der Waals surface area contributed by atoms with Crippen LogP contribution in [-0.4, -0.2) is 0 Å². The lowest BCUT2D eigenvalue weighted by molar-refractivity contribution is 0.303. The molecule has 0 bridgehead atoms. The third kappa shape index (κ3) is 4.32. The van der Waals surface area contributed by atoms with E-state index in [9.17, 15) is 0 Å². The van der Waals surface area contributed by atoms with Gasteiger partial charge in [0.25, 0.3) is 0 Å². The number of rotatable bonds is 6. The van der Waals surface area contributed by atoms with Crippen LogP contribution in [0.1, 0.15) is 11.1 Å². The van der Waals surface area contributed by atoms with Gasteiger partial charge in [0.1, 0.15) is 12.4 Å². The molecule has 28 heavy (non-hydrogen) atoms. The first kappa shape index (κ1) is 18.9. The Balaban J connectivity index is 1.54. The summed E-state index contributed by atoms with van der Waals surface area (Å²) < 4.78 is 7.11. The fourth-order valence-electron chi connectivity index (χ4n) is 3.17. The molecule has 4 rings (SSSR count). The second kappa shape index (κ2) is 8.68. The molecule has 0 aliphatic carbocycles. The molecule has 4 aromatic rings. The van der Waals surface area contributed by atoms with Crippen LogP contribution in [0, 0.1) is 0 Å². The van der Waals surface area contributed by atoms with E-state index in [4.69, 9.17) is 16.3 Å². The second-order valence-corrected chi connectivity index (χ2v) is 7.84. The standard InChI is InChI=1S/C24H19BrClNO/c25-20-12-13-24(28-16-18-7-2-4-10-22(18)26)19(14-20)15-27-23-11-5-8-17-6-1-3-9-21(17)23/h1-14,27H,15-16H2. The lowest BCUT2D eigenvalue weighted by Gasteiger charge is -2.15. The highest BCUT2D eigenvalue weighted by atomic mass is 79.9. The van der Waals surface area contributed by atoms with Crippen LogP contribution in [0.5, 0.6) is 5.75 Å². The van der Waals surface area contributed by atoms with Crippen molar-refractivity contribution in [2.75, 3.05) is 5.32 Å². The van der Waals surface area contributed by atoms with Crippen LogP contribution in [0.25, 0.3) is 10.8 Å². The first-order valence-electron chi connectivity index (χ1n) is 9.07. The molecule has 4 heteroatoms. The molecule has 0 aromatic heterocycles. The van der Waals surface area contributed by atoms with Gasteiger partial charge < -0.3 is 10.1 Å². The minimum atomic E-state index is 0.433. The molecule has 2 nitrogen and oxygen atoms in total. The maximum absolute atomic E-state index is 6.25. The van der Waals surface area contributed by atoms with E-state index in [0.29, 0.717) is 13.2 Å². The van der Waals surface area contributed by atoms with Crippen molar-refractivity contribution in [3.63, 3.8) is 0 Å². The second-order valence-electron chi connectivity index (χ2n) is 6.51. The van der Waals surface area contributed by atoms with Gasteiger partial charge in [-0.2, -0.15) is 0 Å². The molecule has 0 unspecified atom stereocenters. The fraction of sp³-hybridized carbons (Fsp3) is 0.0833. The van der Waals surface area contributed by atoms with E-state index in [-0.39, 0.29) is 0 Å². The van der Waals surface area contributed by atoms with E-state index in [1.807, 2.05) is 36.4 Å². The number of nitrogens with one attached hydrogen (secondary N) is 1. The molecule has 0 spiro atoms. The number of hydrogen-bond donors (Lipinski definition) is 1. The zero-order chi connectivity index (χ0) is 19.3. The summed E-state index contributed by atoms with van der Waals surface area (Å²) >= 11 is 9.82. The predicted octanol–water partition coefficient (Wildman–Crippen LogP) is 7.45. The largest absolute Gasteiger partial charge is 0.488 e. The average Bonchev–Trinajstić information content (AvgIpc) is 2.72. The Morgan fingerprint density at radius 2 is 1.61 bits per heavy atom. The van der Waals surface area contributed by atoms with E-state index >= 15 is 0 Å². The van der Waals surface area contributed by atoms with E-state index in [1.54, 1.807) is 0 Å². The first-order chi connectivity index (χ1) is 13.7. The SMILES string of the molecule is Clc1ccccc1COc1ccc(Br)cc1CNc1cccc2ccccc12. The number of halogens is 2. The van der Waals surface area contributed by atoms with Gasteiger partial charge in [-0.05, 0) is 35.7 Å². The lowest BCUT2D eigenvalue weighted by Crippen LogP contribution is -2.04. The predicted molar refractivity (Wildman–Crippen MR) is 121 cm³/mol. The number of hydrogen-bond acceptors (Lipinski definition) is 2. The van der Waals surface area contributed by atoms with Gasteiger partial charge in [0.15, 0.2) is 0 Å². The average molecular weight is 453 g/mol. The summed E-state index contributed by atoms with van der Waals surface area (Å²) in [5.74, 6) is 0.843. The third-order valence-corrected chi connectivity index (χ3v) is 5.48. The summed E-state index contributed by atoms with van der Waals surface area (Å²) in [4.78, 5) is 0. The van der Waals surface area contributed by atoms with Crippen molar-refractivity contribution in [1.82, 2.24) is 0 Å². The monoisotopic (exact) mass is 451 g/mol. The molecule has 140 valence electrons. The van der Waals surface area contributed by atoms with E-state index in [1.165, 1.54) is 10.8 Å². The molecule has 0 saturated heterocycles. The van der Waals surface area contributed by atoms with Crippen molar-refractivity contribution in [3.8, 4) is 5.75 Å². The molecule has 0 aliphatic rings. The van der Waals surface area contributed by atoms with Gasteiger partial charge in [0, 0.05) is 38.2 Å². The zero-order valence-electron chi connectivity index (χ0n) is 15.2. The lowest BCUT2D eigenvalue weighted by atomic mass is 10.1. The normalized spacial score (nSPS) is 10.8. The van der Waals surface area contributed by atoms with Crippen LogP contribution in [0.3, 0.4) is 0 Å². The summed E-state index contributed by atoms with van der Waals surface area (Å²) in [5.41, 5.74) is 3.16. The Labute approximate surface area is 178 Å². The molecule has 4 aromatic carbocycles. The maximum atomic E-state index is 6.25. The van der Waals surface area contributed by atoms with E-state index in [2.05, 4.69) is 69.8 Å². The summed E-state index contributed by atoms with van der Waals surface area (Å²) in [6, 6.07) is 28.5. The Bertz CT molecular complexity index is 1110. The van der Waals surface area contributed by atoms with Crippen molar-refractivity contribution in [3.05, 3.63) is 106 Å². The minimum absolute atomic E-state index is 0.433. The van der Waals surface area contributed by atoms with Crippen LogP contribution in [0.2, 0.25) is 5.02 Å². The molecular weight excluding hydrogens is 434 g/mol. The molecule has 0 heterocycles. The molecule has 0 fully saturated rings. The van der Waals surface area contributed by atoms with Crippen molar-refractivity contribution in [2.45, 2.75) is 13.2 Å². The van der Waals surface area contributed by atoms with Crippen molar-refractivity contribution >= 4 is 44.0 Å². The van der Waals surface area contributed by atoms with Crippen LogP contribution in [-0.2, 0) is 13.2 Å². The molecule has 1 N–H and O–H groups in total. The smallest absolute Gasteiger partial charge is 0.124 e. The summed E-state index contributed by atoms with van der Waals surface area (Å²) in [5, 5.41) is 6.70. The molecule has 0 atom stereocenters. The van der Waals surface area contributed by atoms with Gasteiger partial charge in [0.2, 0.25) is 0 Å². The maximum Gasteiger partial charge on any atom is 0.124 e. The number of fused-ring (bicyclic) bond motifs is 1. The highest BCUT2D eigenvalue weighted by molar-refractivity contribution is 9.10. The molecule has 0 aliphatic heterocycles. The van der Waals surface area contributed by atoms with Crippen molar-refractivity contribution < 1.29 is 4.74 Å². The van der Waals surface area contributed by atoms with Gasteiger partial charge in [-0.25, -0.2) is 0 Å². The summed E-state index contributed by atoms with van der Waals surface area (Å²) in [6.45, 7) is 1.09. The zero-order valence-corrected chi connectivity index (χ0v) is 17.5. The quantitative estimate of drug-likeness (QED) is 0.328. The van der Waals surface area contributed by atoms with Crippen LogP contribution < -0.4 is 10.1 Å². The number of anilines is 1. The summed E-state index contributed by atoms with van der Waals surface area (Å²) in [6.07, 6.45) is 0. The highest BCUT2D eigenvalue weighted by Gasteiger charge is 2.08. The summed E-state index contributed by atoms with van der Waals surface area (Å²) in [7, 11) is 0.